The number of esters is 1. The first kappa shape index (κ1) is 12.5. The zero-order chi connectivity index (χ0) is 13.0. The first-order valence-corrected chi connectivity index (χ1v) is 6.23. The molecule has 0 spiro atoms. The second kappa shape index (κ2) is 5.60. The van der Waals surface area contributed by atoms with Crippen molar-refractivity contribution < 1.29 is 9.53 Å². The number of methoxy groups -OCH3 is 1. The Labute approximate surface area is 110 Å². The van der Waals surface area contributed by atoms with Gasteiger partial charge in [0.15, 0.2) is 0 Å². The highest BCUT2D eigenvalue weighted by molar-refractivity contribution is 7.99. The maximum Gasteiger partial charge on any atom is 0.339 e. The monoisotopic (exact) mass is 259 g/mol. The van der Waals surface area contributed by atoms with E-state index in [1.54, 1.807) is 12.1 Å². The van der Waals surface area contributed by atoms with Gasteiger partial charge in [-0.15, -0.1) is 0 Å². The van der Waals surface area contributed by atoms with Gasteiger partial charge in [0.25, 0.3) is 0 Å². The van der Waals surface area contributed by atoms with Crippen LogP contribution >= 0.6 is 11.8 Å². The second-order valence-corrected chi connectivity index (χ2v) is 4.78. The minimum Gasteiger partial charge on any atom is -0.465 e. The van der Waals surface area contributed by atoms with Crippen LogP contribution in [-0.4, -0.2) is 13.1 Å². The second-order valence-electron chi connectivity index (χ2n) is 3.66. The average molecular weight is 259 g/mol. The predicted molar refractivity (Wildman–Crippen MR) is 72.8 cm³/mol. The Morgan fingerprint density at radius 2 is 1.89 bits per heavy atom. The number of ether oxygens (including phenoxy) is 1. The lowest BCUT2D eigenvalue weighted by Crippen LogP contribution is -2.04. The third-order valence-electron chi connectivity index (χ3n) is 2.38. The number of carbonyl (C=O) groups excluding carboxylic acids is 1. The fourth-order valence-electron chi connectivity index (χ4n) is 1.52. The summed E-state index contributed by atoms with van der Waals surface area (Å²) in [5, 5.41) is 0. The molecule has 0 saturated heterocycles. The lowest BCUT2D eigenvalue weighted by molar-refractivity contribution is 0.0597. The molecule has 0 saturated carbocycles. The first-order valence-electron chi connectivity index (χ1n) is 5.41. The highest BCUT2D eigenvalue weighted by Crippen LogP contribution is 2.31. The summed E-state index contributed by atoms with van der Waals surface area (Å²) < 4.78 is 4.76. The summed E-state index contributed by atoms with van der Waals surface area (Å²) in [6.45, 7) is 0. The van der Waals surface area contributed by atoms with E-state index >= 15 is 0 Å². The summed E-state index contributed by atoms with van der Waals surface area (Å²) in [6, 6.07) is 15.1. The van der Waals surface area contributed by atoms with E-state index in [2.05, 4.69) is 0 Å². The summed E-state index contributed by atoms with van der Waals surface area (Å²) in [6.07, 6.45) is 0. The minimum atomic E-state index is -0.374. The van der Waals surface area contributed by atoms with Crippen molar-refractivity contribution in [1.82, 2.24) is 0 Å². The van der Waals surface area contributed by atoms with Crippen molar-refractivity contribution in [2.75, 3.05) is 12.8 Å². The largest absolute Gasteiger partial charge is 0.465 e. The van der Waals surface area contributed by atoms with Gasteiger partial charge in [-0.1, -0.05) is 30.0 Å². The molecule has 0 bridgehead atoms. The number of nitrogen functional groups attached to an aromatic ring is 1. The summed E-state index contributed by atoms with van der Waals surface area (Å²) in [5.41, 5.74) is 6.74. The predicted octanol–water partition coefficient (Wildman–Crippen LogP) is 3.21. The van der Waals surface area contributed by atoms with Crippen LogP contribution in [0.2, 0.25) is 0 Å². The number of carbonyl (C=O) groups is 1. The zero-order valence-electron chi connectivity index (χ0n) is 9.92. The van der Waals surface area contributed by atoms with Gasteiger partial charge in [0.1, 0.15) is 0 Å². The third kappa shape index (κ3) is 2.84. The zero-order valence-corrected chi connectivity index (χ0v) is 10.7. The first-order chi connectivity index (χ1) is 8.70. The Hall–Kier alpha value is -1.94. The van der Waals surface area contributed by atoms with Crippen LogP contribution in [0.25, 0.3) is 0 Å². The summed E-state index contributed by atoms with van der Waals surface area (Å²) in [4.78, 5) is 13.6. The quantitative estimate of drug-likeness (QED) is 0.679. The van der Waals surface area contributed by atoms with Crippen molar-refractivity contribution in [2.24, 2.45) is 0 Å². The van der Waals surface area contributed by atoms with E-state index in [1.165, 1.54) is 18.9 Å². The molecule has 0 aliphatic rings. The van der Waals surface area contributed by atoms with E-state index < -0.39 is 0 Å². The molecule has 0 atom stereocenters. The molecule has 0 fully saturated rings. The molecular weight excluding hydrogens is 246 g/mol. The van der Waals surface area contributed by atoms with Crippen LogP contribution in [0.3, 0.4) is 0 Å². The van der Waals surface area contributed by atoms with Crippen LogP contribution in [0, 0.1) is 0 Å². The number of rotatable bonds is 3. The molecular formula is C14H13NO2S. The Bertz CT molecular complexity index is 555. The van der Waals surface area contributed by atoms with Gasteiger partial charge in [-0.05, 0) is 30.3 Å². The molecule has 18 heavy (non-hydrogen) atoms. The van der Waals surface area contributed by atoms with Crippen molar-refractivity contribution in [2.45, 2.75) is 9.79 Å². The van der Waals surface area contributed by atoms with Gasteiger partial charge >= 0.3 is 5.97 Å². The molecule has 2 rings (SSSR count). The summed E-state index contributed by atoms with van der Waals surface area (Å²) >= 11 is 1.51. The summed E-state index contributed by atoms with van der Waals surface area (Å²) in [5.74, 6) is -0.374. The molecule has 0 aliphatic carbocycles. The number of hydrogen-bond donors (Lipinski definition) is 1. The molecule has 2 aromatic carbocycles. The normalized spacial score (nSPS) is 10.1. The minimum absolute atomic E-state index is 0.374. The Morgan fingerprint density at radius 3 is 2.56 bits per heavy atom. The van der Waals surface area contributed by atoms with E-state index in [0.717, 1.165) is 9.79 Å². The van der Waals surface area contributed by atoms with Gasteiger partial charge in [-0.25, -0.2) is 4.79 Å². The average Bonchev–Trinajstić information content (AvgIpc) is 2.41. The number of hydrogen-bond acceptors (Lipinski definition) is 4. The van der Waals surface area contributed by atoms with Crippen molar-refractivity contribution in [3.63, 3.8) is 0 Å². The van der Waals surface area contributed by atoms with Crippen LogP contribution in [0.4, 0.5) is 5.69 Å². The molecule has 4 heteroatoms. The molecule has 0 heterocycles. The molecule has 0 unspecified atom stereocenters. The number of benzene rings is 2. The summed E-state index contributed by atoms with van der Waals surface area (Å²) in [7, 11) is 1.36. The van der Waals surface area contributed by atoms with Gasteiger partial charge in [0.2, 0.25) is 0 Å². The molecule has 0 radical (unpaired) electrons. The van der Waals surface area contributed by atoms with Gasteiger partial charge in [0, 0.05) is 15.5 Å². The number of anilines is 1. The van der Waals surface area contributed by atoms with E-state index in [-0.39, 0.29) is 5.97 Å². The van der Waals surface area contributed by atoms with Crippen molar-refractivity contribution in [3.05, 3.63) is 54.1 Å². The highest BCUT2D eigenvalue weighted by Gasteiger charge is 2.13. The van der Waals surface area contributed by atoms with Crippen molar-refractivity contribution >= 4 is 23.4 Å². The third-order valence-corrected chi connectivity index (χ3v) is 3.46. The van der Waals surface area contributed by atoms with Gasteiger partial charge in [0.05, 0.1) is 12.7 Å². The van der Waals surface area contributed by atoms with E-state index in [0.29, 0.717) is 11.3 Å². The Kier molecular flexibility index (Phi) is 3.89. The fraction of sp³-hybridized carbons (Fsp3) is 0.0714. The SMILES string of the molecule is COC(=O)c1cc(N)ccc1Sc1ccccc1. The lowest BCUT2D eigenvalue weighted by Gasteiger charge is -2.08. The Morgan fingerprint density at radius 1 is 1.17 bits per heavy atom. The molecule has 0 aliphatic heterocycles. The highest BCUT2D eigenvalue weighted by atomic mass is 32.2. The molecule has 2 aromatic rings. The van der Waals surface area contributed by atoms with E-state index in [1.807, 2.05) is 36.4 Å². The molecule has 0 amide bonds. The van der Waals surface area contributed by atoms with Crippen LogP contribution in [0.1, 0.15) is 10.4 Å². The van der Waals surface area contributed by atoms with E-state index in [9.17, 15) is 4.79 Å². The van der Waals surface area contributed by atoms with E-state index in [4.69, 9.17) is 10.5 Å². The van der Waals surface area contributed by atoms with Gasteiger partial charge in [-0.3, -0.25) is 0 Å². The van der Waals surface area contributed by atoms with Crippen LogP contribution in [0.5, 0.6) is 0 Å². The molecule has 92 valence electrons. The van der Waals surface area contributed by atoms with Crippen molar-refractivity contribution in [3.8, 4) is 0 Å². The smallest absolute Gasteiger partial charge is 0.339 e. The molecule has 3 nitrogen and oxygen atoms in total. The lowest BCUT2D eigenvalue weighted by atomic mass is 10.2. The van der Waals surface area contributed by atoms with Crippen LogP contribution < -0.4 is 5.73 Å². The standard InChI is InChI=1S/C14H13NO2S/c1-17-14(16)12-9-10(15)7-8-13(12)18-11-5-3-2-4-6-11/h2-9H,15H2,1H3. The maximum atomic E-state index is 11.7. The molecule has 0 aromatic heterocycles. The van der Waals surface area contributed by atoms with Crippen LogP contribution in [0.15, 0.2) is 58.3 Å². The van der Waals surface area contributed by atoms with Gasteiger partial charge < -0.3 is 10.5 Å². The van der Waals surface area contributed by atoms with Gasteiger partial charge in [-0.2, -0.15) is 0 Å². The Balaban J connectivity index is 2.35. The maximum absolute atomic E-state index is 11.7. The topological polar surface area (TPSA) is 52.3 Å². The molecule has 2 N–H and O–H groups in total. The number of nitrogens with two attached hydrogens (primary N) is 1. The van der Waals surface area contributed by atoms with Crippen LogP contribution in [-0.2, 0) is 4.74 Å². The fourth-order valence-corrected chi connectivity index (χ4v) is 2.46. The van der Waals surface area contributed by atoms with Crippen molar-refractivity contribution in [1.29, 1.82) is 0 Å².